The summed E-state index contributed by atoms with van der Waals surface area (Å²) in [5.74, 6) is -2.90. The maximum atomic E-state index is 13.9. The number of nitrogens with zero attached hydrogens (tertiary/aromatic N) is 1. The van der Waals surface area contributed by atoms with Crippen molar-refractivity contribution in [3.05, 3.63) is 92.4 Å². The van der Waals surface area contributed by atoms with Crippen LogP contribution in [0.25, 0.3) is 0 Å². The number of carbonyl (C=O) groups excluding carboxylic acids is 1. The molecular formula is C21H15BrCl2F2N2O3S. The molecule has 0 spiro atoms. The lowest BCUT2D eigenvalue weighted by Crippen LogP contribution is -2.38. The largest absolute Gasteiger partial charge is 0.320 e. The number of sulfonamides is 1. The molecule has 0 fully saturated rings. The van der Waals surface area contributed by atoms with Gasteiger partial charge in [-0.25, -0.2) is 17.2 Å². The standard InChI is InChI=1S/C21H15BrCl2F2N2O3S/c22-14-5-8-16(9-6-14)32(30,31)28(11-13-4-7-15(23)10-17(13)24)12-20(29)27-21-18(25)2-1-3-19(21)26/h1-10H,11-12H2,(H,27,29). The van der Waals surface area contributed by atoms with Crippen LogP contribution in [-0.2, 0) is 21.4 Å². The quantitative estimate of drug-likeness (QED) is 0.391. The number of hydrogen-bond acceptors (Lipinski definition) is 3. The predicted octanol–water partition coefficient (Wildman–Crippen LogP) is 5.86. The topological polar surface area (TPSA) is 66.5 Å². The summed E-state index contributed by atoms with van der Waals surface area (Å²) in [7, 11) is -4.18. The minimum absolute atomic E-state index is 0.0735. The van der Waals surface area contributed by atoms with Crippen LogP contribution in [0, 0.1) is 11.6 Å². The van der Waals surface area contributed by atoms with E-state index in [-0.39, 0.29) is 16.5 Å². The van der Waals surface area contributed by atoms with Gasteiger partial charge >= 0.3 is 0 Å². The highest BCUT2D eigenvalue weighted by Gasteiger charge is 2.28. The zero-order valence-corrected chi connectivity index (χ0v) is 20.1. The molecule has 1 amide bonds. The van der Waals surface area contributed by atoms with Crippen molar-refractivity contribution in [1.29, 1.82) is 0 Å². The number of carbonyl (C=O) groups is 1. The van der Waals surface area contributed by atoms with Crippen molar-refractivity contribution < 1.29 is 22.0 Å². The van der Waals surface area contributed by atoms with E-state index in [2.05, 4.69) is 21.2 Å². The molecule has 3 aromatic carbocycles. The highest BCUT2D eigenvalue weighted by molar-refractivity contribution is 9.10. The van der Waals surface area contributed by atoms with Gasteiger partial charge in [-0.1, -0.05) is 51.3 Å². The van der Waals surface area contributed by atoms with E-state index < -0.39 is 39.8 Å². The van der Waals surface area contributed by atoms with Crippen LogP contribution in [-0.4, -0.2) is 25.2 Å². The van der Waals surface area contributed by atoms with Crippen LogP contribution in [0.3, 0.4) is 0 Å². The summed E-state index contributed by atoms with van der Waals surface area (Å²) < 4.78 is 55.8. The molecule has 11 heteroatoms. The Labute approximate surface area is 202 Å². The predicted molar refractivity (Wildman–Crippen MR) is 123 cm³/mol. The molecule has 0 bridgehead atoms. The summed E-state index contributed by atoms with van der Waals surface area (Å²) in [4.78, 5) is 12.5. The van der Waals surface area contributed by atoms with Gasteiger partial charge in [0.1, 0.15) is 17.3 Å². The molecular weight excluding hydrogens is 549 g/mol. The minimum atomic E-state index is -4.18. The van der Waals surface area contributed by atoms with Gasteiger partial charge in [-0.05, 0) is 54.1 Å². The monoisotopic (exact) mass is 562 g/mol. The number of para-hydroxylation sites is 1. The average molecular weight is 564 g/mol. The molecule has 0 heterocycles. The zero-order chi connectivity index (χ0) is 23.5. The van der Waals surface area contributed by atoms with E-state index in [1.165, 1.54) is 42.5 Å². The van der Waals surface area contributed by atoms with Crippen molar-refractivity contribution in [3.63, 3.8) is 0 Å². The Morgan fingerprint density at radius 3 is 2.22 bits per heavy atom. The highest BCUT2D eigenvalue weighted by Crippen LogP contribution is 2.26. The van der Waals surface area contributed by atoms with Crippen LogP contribution in [0.1, 0.15) is 5.56 Å². The number of rotatable bonds is 7. The van der Waals surface area contributed by atoms with E-state index in [1.54, 1.807) is 0 Å². The van der Waals surface area contributed by atoms with Crippen molar-refractivity contribution in [2.75, 3.05) is 11.9 Å². The first-order valence-electron chi connectivity index (χ1n) is 9.01. The number of benzene rings is 3. The molecule has 0 aliphatic heterocycles. The van der Waals surface area contributed by atoms with Gasteiger partial charge in [0.25, 0.3) is 0 Å². The van der Waals surface area contributed by atoms with Crippen molar-refractivity contribution in [1.82, 2.24) is 4.31 Å². The summed E-state index contributed by atoms with van der Waals surface area (Å²) in [6, 6.07) is 13.4. The van der Waals surface area contributed by atoms with Crippen LogP contribution in [0.5, 0.6) is 0 Å². The second-order valence-electron chi connectivity index (χ2n) is 6.61. The van der Waals surface area contributed by atoms with Crippen LogP contribution in [0.4, 0.5) is 14.5 Å². The molecule has 0 radical (unpaired) electrons. The third-order valence-electron chi connectivity index (χ3n) is 4.36. The molecule has 3 aromatic rings. The summed E-state index contributed by atoms with van der Waals surface area (Å²) in [6.07, 6.45) is 0. The summed E-state index contributed by atoms with van der Waals surface area (Å²) in [6.45, 7) is -0.993. The smallest absolute Gasteiger partial charge is 0.243 e. The Kier molecular flexibility index (Phi) is 7.89. The van der Waals surface area contributed by atoms with Crippen LogP contribution in [0.2, 0.25) is 10.0 Å². The minimum Gasteiger partial charge on any atom is -0.320 e. The van der Waals surface area contributed by atoms with E-state index in [4.69, 9.17) is 23.2 Å². The van der Waals surface area contributed by atoms with E-state index in [1.807, 2.05) is 0 Å². The first-order valence-corrected chi connectivity index (χ1v) is 12.0. The van der Waals surface area contributed by atoms with Gasteiger partial charge in [0.2, 0.25) is 15.9 Å². The zero-order valence-electron chi connectivity index (χ0n) is 16.2. The Morgan fingerprint density at radius 1 is 1.00 bits per heavy atom. The molecule has 0 unspecified atom stereocenters. The maximum Gasteiger partial charge on any atom is 0.243 e. The normalized spacial score (nSPS) is 11.6. The van der Waals surface area contributed by atoms with Gasteiger partial charge in [0.05, 0.1) is 11.4 Å². The second kappa shape index (κ2) is 10.3. The lowest BCUT2D eigenvalue weighted by Gasteiger charge is -2.23. The summed E-state index contributed by atoms with van der Waals surface area (Å²) in [5, 5.41) is 2.65. The molecule has 0 aliphatic carbocycles. The lowest BCUT2D eigenvalue weighted by molar-refractivity contribution is -0.116. The van der Waals surface area contributed by atoms with Crippen LogP contribution < -0.4 is 5.32 Å². The van der Waals surface area contributed by atoms with Crippen LogP contribution >= 0.6 is 39.1 Å². The highest BCUT2D eigenvalue weighted by atomic mass is 79.9. The number of amides is 1. The Hall–Kier alpha value is -2.04. The number of anilines is 1. The molecule has 1 N–H and O–H groups in total. The van der Waals surface area contributed by atoms with Gasteiger partial charge in [-0.15, -0.1) is 0 Å². The Bertz CT molecular complexity index is 1240. The van der Waals surface area contributed by atoms with E-state index in [0.717, 1.165) is 22.5 Å². The maximum absolute atomic E-state index is 13.9. The average Bonchev–Trinajstić information content (AvgIpc) is 2.72. The summed E-state index contributed by atoms with van der Waals surface area (Å²) in [5.41, 5.74) is -0.273. The molecule has 168 valence electrons. The Morgan fingerprint density at radius 2 is 1.62 bits per heavy atom. The third-order valence-corrected chi connectivity index (χ3v) is 7.28. The number of halogens is 5. The fourth-order valence-electron chi connectivity index (χ4n) is 2.78. The number of hydrogen-bond donors (Lipinski definition) is 1. The van der Waals surface area contributed by atoms with E-state index in [0.29, 0.717) is 15.1 Å². The van der Waals surface area contributed by atoms with Gasteiger partial charge in [0.15, 0.2) is 0 Å². The van der Waals surface area contributed by atoms with Crippen LogP contribution in [0.15, 0.2) is 70.0 Å². The van der Waals surface area contributed by atoms with Crippen molar-refractivity contribution in [2.45, 2.75) is 11.4 Å². The van der Waals surface area contributed by atoms with E-state index in [9.17, 15) is 22.0 Å². The molecule has 0 aliphatic rings. The van der Waals surface area contributed by atoms with E-state index >= 15 is 0 Å². The molecule has 0 saturated carbocycles. The third kappa shape index (κ3) is 5.85. The first-order chi connectivity index (χ1) is 15.1. The van der Waals surface area contributed by atoms with Gasteiger partial charge in [-0.2, -0.15) is 4.31 Å². The van der Waals surface area contributed by atoms with Gasteiger partial charge < -0.3 is 5.32 Å². The molecule has 0 saturated heterocycles. The Balaban J connectivity index is 1.94. The number of nitrogens with one attached hydrogen (secondary N) is 1. The molecule has 3 rings (SSSR count). The first kappa shape index (κ1) is 24.6. The van der Waals surface area contributed by atoms with Crippen molar-refractivity contribution >= 4 is 60.7 Å². The van der Waals surface area contributed by atoms with Gasteiger partial charge in [-0.3, -0.25) is 4.79 Å². The van der Waals surface area contributed by atoms with Gasteiger partial charge in [0, 0.05) is 21.1 Å². The lowest BCUT2D eigenvalue weighted by atomic mass is 10.2. The summed E-state index contributed by atoms with van der Waals surface area (Å²) >= 11 is 15.3. The van der Waals surface area contributed by atoms with Crippen molar-refractivity contribution in [3.8, 4) is 0 Å². The molecule has 0 aromatic heterocycles. The van der Waals surface area contributed by atoms with Crippen molar-refractivity contribution in [2.24, 2.45) is 0 Å². The second-order valence-corrected chi connectivity index (χ2v) is 10.3. The fraction of sp³-hybridized carbons (Fsp3) is 0.0952. The molecule has 5 nitrogen and oxygen atoms in total. The fourth-order valence-corrected chi connectivity index (χ4v) is 4.88. The SMILES string of the molecule is O=C(CN(Cc1ccc(Cl)cc1Cl)S(=O)(=O)c1ccc(Br)cc1)Nc1c(F)cccc1F. The molecule has 0 atom stereocenters. The molecule has 32 heavy (non-hydrogen) atoms.